The van der Waals surface area contributed by atoms with Gasteiger partial charge in [-0.2, -0.15) is 4.98 Å². The number of alkyl halides is 1. The number of halogens is 1. The van der Waals surface area contributed by atoms with E-state index in [4.69, 9.17) is 4.52 Å². The monoisotopic (exact) mass is 244 g/mol. The van der Waals surface area contributed by atoms with Crippen molar-refractivity contribution in [1.29, 1.82) is 0 Å². The van der Waals surface area contributed by atoms with E-state index in [9.17, 15) is 0 Å². The van der Waals surface area contributed by atoms with E-state index in [0.29, 0.717) is 0 Å². The van der Waals surface area contributed by atoms with Crippen LogP contribution in [0.1, 0.15) is 42.7 Å². The summed E-state index contributed by atoms with van der Waals surface area (Å²) in [6.45, 7) is 2.09. The van der Waals surface area contributed by atoms with Crippen molar-refractivity contribution in [2.45, 2.75) is 37.4 Å². The van der Waals surface area contributed by atoms with E-state index in [1.165, 1.54) is 12.8 Å². The van der Waals surface area contributed by atoms with E-state index in [-0.39, 0.29) is 4.83 Å². The van der Waals surface area contributed by atoms with Gasteiger partial charge in [0.15, 0.2) is 5.82 Å². The maximum atomic E-state index is 5.14. The summed E-state index contributed by atoms with van der Waals surface area (Å²) < 4.78 is 5.14. The normalized spacial score (nSPS) is 18.9. The van der Waals surface area contributed by atoms with Gasteiger partial charge in [-0.05, 0) is 25.2 Å². The van der Waals surface area contributed by atoms with Crippen molar-refractivity contribution in [3.63, 3.8) is 0 Å². The lowest BCUT2D eigenvalue weighted by molar-refractivity contribution is 0.370. The fraction of sp³-hybridized carbons (Fsp3) is 0.778. The SMILES string of the molecule is CCC(Br)c1nc(CC2CC2)no1. The predicted octanol–water partition coefficient (Wildman–Crippen LogP) is 2.87. The quantitative estimate of drug-likeness (QED) is 0.765. The average Bonchev–Trinajstić information content (AvgIpc) is 2.81. The minimum Gasteiger partial charge on any atom is -0.338 e. The molecule has 0 saturated heterocycles. The van der Waals surface area contributed by atoms with Crippen LogP contribution in [-0.2, 0) is 6.42 Å². The Hall–Kier alpha value is -0.380. The van der Waals surface area contributed by atoms with Crippen molar-refractivity contribution in [1.82, 2.24) is 10.1 Å². The number of aromatic nitrogens is 2. The first kappa shape index (κ1) is 9.19. The lowest BCUT2D eigenvalue weighted by atomic mass is 10.3. The van der Waals surface area contributed by atoms with Gasteiger partial charge in [-0.1, -0.05) is 28.0 Å². The Morgan fingerprint density at radius 3 is 3.00 bits per heavy atom. The van der Waals surface area contributed by atoms with E-state index in [2.05, 4.69) is 33.0 Å². The maximum Gasteiger partial charge on any atom is 0.240 e. The van der Waals surface area contributed by atoms with Crippen molar-refractivity contribution < 1.29 is 4.52 Å². The molecule has 0 spiro atoms. The number of hydrogen-bond donors (Lipinski definition) is 0. The lowest BCUT2D eigenvalue weighted by Gasteiger charge is -1.96. The Morgan fingerprint density at radius 1 is 1.62 bits per heavy atom. The Kier molecular flexibility index (Phi) is 2.67. The first-order chi connectivity index (χ1) is 6.29. The fourth-order valence-electron chi connectivity index (χ4n) is 1.23. The highest BCUT2D eigenvalue weighted by Gasteiger charge is 2.24. The summed E-state index contributed by atoms with van der Waals surface area (Å²) in [6.07, 6.45) is 4.63. The van der Waals surface area contributed by atoms with Crippen LogP contribution in [0.4, 0.5) is 0 Å². The van der Waals surface area contributed by atoms with Gasteiger partial charge in [-0.3, -0.25) is 0 Å². The molecule has 1 heterocycles. The first-order valence-electron chi connectivity index (χ1n) is 4.76. The number of nitrogens with zero attached hydrogens (tertiary/aromatic N) is 2. The van der Waals surface area contributed by atoms with Crippen LogP contribution in [0.15, 0.2) is 4.52 Å². The van der Waals surface area contributed by atoms with Crippen LogP contribution in [0.2, 0.25) is 0 Å². The molecule has 1 aromatic heterocycles. The molecule has 1 saturated carbocycles. The van der Waals surface area contributed by atoms with Gasteiger partial charge in [-0.15, -0.1) is 0 Å². The van der Waals surface area contributed by atoms with Gasteiger partial charge < -0.3 is 4.52 Å². The van der Waals surface area contributed by atoms with E-state index < -0.39 is 0 Å². The molecule has 1 aliphatic rings. The number of hydrogen-bond acceptors (Lipinski definition) is 3. The predicted molar refractivity (Wildman–Crippen MR) is 52.7 cm³/mol. The second kappa shape index (κ2) is 3.78. The molecule has 1 fully saturated rings. The molecule has 0 bridgehead atoms. The molecular weight excluding hydrogens is 232 g/mol. The van der Waals surface area contributed by atoms with Crippen molar-refractivity contribution in [3.05, 3.63) is 11.7 Å². The summed E-state index contributed by atoms with van der Waals surface area (Å²) in [5, 5.41) is 3.95. The zero-order chi connectivity index (χ0) is 9.26. The minimum atomic E-state index is 0.216. The molecule has 72 valence electrons. The van der Waals surface area contributed by atoms with Crippen molar-refractivity contribution in [2.75, 3.05) is 0 Å². The summed E-state index contributed by atoms with van der Waals surface area (Å²) in [7, 11) is 0. The van der Waals surface area contributed by atoms with Crippen LogP contribution in [0.25, 0.3) is 0 Å². The third-order valence-corrected chi connectivity index (χ3v) is 3.32. The summed E-state index contributed by atoms with van der Waals surface area (Å²) in [5.41, 5.74) is 0. The highest BCUT2D eigenvalue weighted by Crippen LogP contribution is 2.32. The van der Waals surface area contributed by atoms with Gasteiger partial charge in [0.2, 0.25) is 5.89 Å². The van der Waals surface area contributed by atoms with Crippen molar-refractivity contribution in [3.8, 4) is 0 Å². The molecular formula is C9H13BrN2O. The summed E-state index contributed by atoms with van der Waals surface area (Å²) in [5.74, 6) is 2.41. The van der Waals surface area contributed by atoms with Crippen molar-refractivity contribution in [2.24, 2.45) is 5.92 Å². The molecule has 0 radical (unpaired) electrons. The molecule has 0 amide bonds. The minimum absolute atomic E-state index is 0.216. The molecule has 0 N–H and O–H groups in total. The van der Waals surface area contributed by atoms with Crippen molar-refractivity contribution >= 4 is 15.9 Å². The molecule has 0 aromatic carbocycles. The second-order valence-electron chi connectivity index (χ2n) is 3.57. The van der Waals surface area contributed by atoms with Gasteiger partial charge in [0, 0.05) is 6.42 Å². The maximum absolute atomic E-state index is 5.14. The third kappa shape index (κ3) is 2.30. The standard InChI is InChI=1S/C9H13BrN2O/c1-2-7(10)9-11-8(12-13-9)5-6-3-4-6/h6-7H,2-5H2,1H3. The molecule has 2 rings (SSSR count). The molecule has 1 atom stereocenters. The van der Waals surface area contributed by atoms with Crippen LogP contribution >= 0.6 is 15.9 Å². The van der Waals surface area contributed by atoms with Gasteiger partial charge in [0.05, 0.1) is 4.83 Å². The molecule has 1 aliphatic carbocycles. The molecule has 1 aromatic rings. The van der Waals surface area contributed by atoms with Gasteiger partial charge in [-0.25, -0.2) is 0 Å². The average molecular weight is 245 g/mol. The topological polar surface area (TPSA) is 38.9 Å². The van der Waals surface area contributed by atoms with Crippen LogP contribution in [0, 0.1) is 5.92 Å². The van der Waals surface area contributed by atoms with Gasteiger partial charge in [0.25, 0.3) is 0 Å². The van der Waals surface area contributed by atoms with E-state index in [0.717, 1.165) is 30.5 Å². The highest BCUT2D eigenvalue weighted by molar-refractivity contribution is 9.09. The zero-order valence-electron chi connectivity index (χ0n) is 7.66. The summed E-state index contributed by atoms with van der Waals surface area (Å²) >= 11 is 3.48. The van der Waals surface area contributed by atoms with Crippen LogP contribution < -0.4 is 0 Å². The zero-order valence-corrected chi connectivity index (χ0v) is 9.25. The summed E-state index contributed by atoms with van der Waals surface area (Å²) in [6, 6.07) is 0. The largest absolute Gasteiger partial charge is 0.338 e. The lowest BCUT2D eigenvalue weighted by Crippen LogP contribution is -1.91. The van der Waals surface area contributed by atoms with Crippen LogP contribution in [-0.4, -0.2) is 10.1 Å². The van der Waals surface area contributed by atoms with E-state index >= 15 is 0 Å². The second-order valence-corrected chi connectivity index (χ2v) is 4.68. The Balaban J connectivity index is 1.99. The van der Waals surface area contributed by atoms with Gasteiger partial charge >= 0.3 is 0 Å². The smallest absolute Gasteiger partial charge is 0.240 e. The Bertz CT molecular complexity index is 283. The molecule has 4 heteroatoms. The Labute approximate surface area is 86.0 Å². The molecule has 3 nitrogen and oxygen atoms in total. The third-order valence-electron chi connectivity index (χ3n) is 2.28. The molecule has 0 aliphatic heterocycles. The van der Waals surface area contributed by atoms with Gasteiger partial charge in [0.1, 0.15) is 0 Å². The first-order valence-corrected chi connectivity index (χ1v) is 5.67. The molecule has 1 unspecified atom stereocenters. The Morgan fingerprint density at radius 2 is 2.38 bits per heavy atom. The van der Waals surface area contributed by atoms with E-state index in [1.807, 2.05) is 0 Å². The summed E-state index contributed by atoms with van der Waals surface area (Å²) in [4.78, 5) is 4.55. The fourth-order valence-corrected chi connectivity index (χ4v) is 1.42. The molecule has 13 heavy (non-hydrogen) atoms. The van der Waals surface area contributed by atoms with Crippen LogP contribution in [0.5, 0.6) is 0 Å². The number of rotatable bonds is 4. The van der Waals surface area contributed by atoms with E-state index in [1.54, 1.807) is 0 Å². The van der Waals surface area contributed by atoms with Crippen LogP contribution in [0.3, 0.4) is 0 Å². The highest BCUT2D eigenvalue weighted by atomic mass is 79.9.